The van der Waals surface area contributed by atoms with Crippen molar-refractivity contribution >= 4 is 0 Å². The lowest BCUT2D eigenvalue weighted by atomic mass is 10.5. The minimum atomic E-state index is 0.769. The van der Waals surface area contributed by atoms with Crippen molar-refractivity contribution in [1.82, 2.24) is 5.06 Å². The van der Waals surface area contributed by atoms with Crippen LogP contribution in [0.3, 0.4) is 0 Å². The third-order valence-corrected chi connectivity index (χ3v) is 1.12. The van der Waals surface area contributed by atoms with E-state index in [2.05, 4.69) is 0 Å². The molecule has 0 saturated carbocycles. The number of rotatable bonds is 1. The number of hydrogen-bond acceptors (Lipinski definition) is 2. The second-order valence-electron chi connectivity index (χ2n) is 1.76. The molecule has 1 aliphatic rings. The summed E-state index contributed by atoms with van der Waals surface area (Å²) in [6.07, 6.45) is 6.59. The smallest absolute Gasteiger partial charge is 0.0216 e. The van der Waals surface area contributed by atoms with Crippen molar-refractivity contribution in [2.45, 2.75) is 6.42 Å². The number of nitrogens with zero attached hydrogens (tertiary/aromatic N) is 1. The molecule has 0 saturated heterocycles. The van der Waals surface area contributed by atoms with E-state index in [-0.39, 0.29) is 0 Å². The molecule has 0 N–H and O–H groups in total. The number of hydrogen-bond donors (Lipinski definition) is 0. The Hall–Kier alpha value is -0.760. The van der Waals surface area contributed by atoms with Crippen LogP contribution in [0.5, 0.6) is 0 Å². The van der Waals surface area contributed by atoms with Gasteiger partial charge in [0.25, 0.3) is 0 Å². The number of likely N-dealkylation sites (N-methyl/N-ethyl adjacent to an activating group) is 1. The van der Waals surface area contributed by atoms with Crippen LogP contribution >= 0.6 is 0 Å². The Morgan fingerprint density at radius 3 is 2.75 bits per heavy atom. The molecule has 0 atom stereocenters. The zero-order valence-electron chi connectivity index (χ0n) is 4.79. The van der Waals surface area contributed by atoms with Gasteiger partial charge in [-0.15, -0.1) is 0 Å². The highest BCUT2D eigenvalue weighted by Gasteiger charge is 1.92. The first-order valence-electron chi connectivity index (χ1n) is 2.58. The fourth-order valence-corrected chi connectivity index (χ4v) is 0.679. The zero-order valence-corrected chi connectivity index (χ0v) is 4.79. The Morgan fingerprint density at radius 2 is 2.50 bits per heavy atom. The Bertz CT molecular complexity index is 135. The third kappa shape index (κ3) is 0.898. The van der Waals surface area contributed by atoms with Crippen LogP contribution in [0.2, 0.25) is 0 Å². The highest BCUT2D eigenvalue weighted by Crippen LogP contribution is 2.09. The summed E-state index contributed by atoms with van der Waals surface area (Å²) in [5.74, 6) is 0. The van der Waals surface area contributed by atoms with Gasteiger partial charge in [-0.1, -0.05) is 12.2 Å². The summed E-state index contributed by atoms with van der Waals surface area (Å²) in [4.78, 5) is 0. The van der Waals surface area contributed by atoms with Gasteiger partial charge in [-0.3, -0.25) is 0 Å². The van der Waals surface area contributed by atoms with Gasteiger partial charge in [0.15, 0.2) is 0 Å². The molecule has 0 aromatic carbocycles. The summed E-state index contributed by atoms with van der Waals surface area (Å²) in [6.45, 7) is 0. The fourth-order valence-electron chi connectivity index (χ4n) is 0.679. The molecule has 1 aliphatic carbocycles. The van der Waals surface area contributed by atoms with Gasteiger partial charge in [-0.25, -0.2) is 0 Å². The van der Waals surface area contributed by atoms with E-state index in [4.69, 9.17) is 0 Å². The molecule has 0 aliphatic heterocycles. The molecule has 44 valence electrons. The molecular formula is C6H8NO-. The summed E-state index contributed by atoms with van der Waals surface area (Å²) in [5, 5.41) is 11.3. The molecule has 2 heteroatoms. The monoisotopic (exact) mass is 110 g/mol. The van der Waals surface area contributed by atoms with Crippen LogP contribution < -0.4 is 0 Å². The lowest BCUT2D eigenvalue weighted by molar-refractivity contribution is 0.594. The Kier molecular flexibility index (Phi) is 1.35. The van der Waals surface area contributed by atoms with Crippen LogP contribution in [0.15, 0.2) is 23.9 Å². The minimum absolute atomic E-state index is 0.769. The molecule has 0 spiro atoms. The third-order valence-electron chi connectivity index (χ3n) is 1.12. The summed E-state index contributed by atoms with van der Waals surface area (Å²) in [5.41, 5.74) is 0.769. The molecule has 1 rings (SSSR count). The highest BCUT2D eigenvalue weighted by molar-refractivity contribution is 5.24. The minimum Gasteiger partial charge on any atom is -0.758 e. The van der Waals surface area contributed by atoms with E-state index in [0.29, 0.717) is 0 Å². The second-order valence-corrected chi connectivity index (χ2v) is 1.76. The van der Waals surface area contributed by atoms with Gasteiger partial charge in [0.2, 0.25) is 0 Å². The van der Waals surface area contributed by atoms with Crippen LogP contribution in [0.1, 0.15) is 6.42 Å². The number of hydroxylamine groups is 2. The van der Waals surface area contributed by atoms with Gasteiger partial charge in [-0.05, 0) is 19.5 Å². The Labute approximate surface area is 48.7 Å². The standard InChI is InChI=1S/C6H8NO/c1-7(8)6-4-2-3-5-6/h2,4-5H,3H2,1H3/q-1. The maximum Gasteiger partial charge on any atom is 0.0216 e. The van der Waals surface area contributed by atoms with E-state index in [1.54, 1.807) is 0 Å². The molecule has 0 radical (unpaired) electrons. The first-order chi connectivity index (χ1) is 3.80. The molecule has 0 heterocycles. The quantitative estimate of drug-likeness (QED) is 0.475. The fraction of sp³-hybridized carbons (Fsp3) is 0.333. The van der Waals surface area contributed by atoms with Crippen LogP contribution in [0.25, 0.3) is 0 Å². The normalized spacial score (nSPS) is 16.5. The molecule has 0 aromatic rings. The molecular weight excluding hydrogens is 102 g/mol. The van der Waals surface area contributed by atoms with E-state index in [1.165, 1.54) is 7.05 Å². The predicted molar refractivity (Wildman–Crippen MR) is 33.0 cm³/mol. The zero-order chi connectivity index (χ0) is 5.98. The molecule has 0 fully saturated rings. The lowest BCUT2D eigenvalue weighted by Crippen LogP contribution is -2.04. The van der Waals surface area contributed by atoms with Crippen molar-refractivity contribution in [3.8, 4) is 0 Å². The van der Waals surface area contributed by atoms with Gasteiger partial charge in [-0.2, -0.15) is 0 Å². The topological polar surface area (TPSA) is 26.3 Å². The van der Waals surface area contributed by atoms with Crippen molar-refractivity contribution in [2.75, 3.05) is 7.05 Å². The summed E-state index contributed by atoms with van der Waals surface area (Å²) in [6, 6.07) is 0. The van der Waals surface area contributed by atoms with Crippen molar-refractivity contribution in [2.24, 2.45) is 0 Å². The molecule has 0 amide bonds. The average Bonchev–Trinajstić information content (AvgIpc) is 2.12. The van der Waals surface area contributed by atoms with Crippen molar-refractivity contribution in [3.63, 3.8) is 0 Å². The largest absolute Gasteiger partial charge is 0.758 e. The molecule has 2 nitrogen and oxygen atoms in total. The van der Waals surface area contributed by atoms with Gasteiger partial charge < -0.3 is 10.3 Å². The molecule has 0 aromatic heterocycles. The molecule has 8 heavy (non-hydrogen) atoms. The van der Waals surface area contributed by atoms with Gasteiger partial charge in [0.05, 0.1) is 0 Å². The van der Waals surface area contributed by atoms with E-state index in [1.807, 2.05) is 18.2 Å². The Morgan fingerprint density at radius 1 is 1.75 bits per heavy atom. The summed E-state index contributed by atoms with van der Waals surface area (Å²) < 4.78 is 0. The maximum atomic E-state index is 10.4. The van der Waals surface area contributed by atoms with Gasteiger partial charge >= 0.3 is 0 Å². The first-order valence-corrected chi connectivity index (χ1v) is 2.58. The van der Waals surface area contributed by atoms with Crippen molar-refractivity contribution in [3.05, 3.63) is 29.1 Å². The lowest BCUT2D eigenvalue weighted by Gasteiger charge is -2.24. The maximum absolute atomic E-state index is 10.4. The average molecular weight is 110 g/mol. The predicted octanol–water partition coefficient (Wildman–Crippen LogP) is 1.26. The van der Waals surface area contributed by atoms with E-state index < -0.39 is 0 Å². The molecule has 0 bridgehead atoms. The van der Waals surface area contributed by atoms with Crippen molar-refractivity contribution < 1.29 is 0 Å². The summed E-state index contributed by atoms with van der Waals surface area (Å²) in [7, 11) is 1.50. The number of allylic oxidation sites excluding steroid dienone is 3. The van der Waals surface area contributed by atoms with E-state index in [0.717, 1.165) is 17.2 Å². The van der Waals surface area contributed by atoms with E-state index >= 15 is 0 Å². The first kappa shape index (κ1) is 5.38. The van der Waals surface area contributed by atoms with E-state index in [9.17, 15) is 5.21 Å². The van der Waals surface area contributed by atoms with Crippen LogP contribution in [0.4, 0.5) is 0 Å². The highest BCUT2D eigenvalue weighted by atomic mass is 16.5. The van der Waals surface area contributed by atoms with Crippen LogP contribution in [-0.4, -0.2) is 12.1 Å². The van der Waals surface area contributed by atoms with Crippen molar-refractivity contribution in [1.29, 1.82) is 0 Å². The van der Waals surface area contributed by atoms with Gasteiger partial charge in [0.1, 0.15) is 0 Å². The van der Waals surface area contributed by atoms with Crippen LogP contribution in [-0.2, 0) is 0 Å². The second kappa shape index (κ2) is 2.01. The molecule has 0 unspecified atom stereocenters. The SMILES string of the molecule is CN([O-])C1=CCC=C1. The van der Waals surface area contributed by atoms with Crippen LogP contribution in [0, 0.1) is 5.21 Å². The Balaban J connectivity index is 2.58. The van der Waals surface area contributed by atoms with Gasteiger partial charge in [0, 0.05) is 5.70 Å². The summed E-state index contributed by atoms with van der Waals surface area (Å²) >= 11 is 0.